The van der Waals surface area contributed by atoms with Crippen LogP contribution in [0.5, 0.6) is 0 Å². The highest BCUT2D eigenvalue weighted by Crippen LogP contribution is 2.32. The number of amides is 1. The number of aromatic nitrogens is 1. The quantitative estimate of drug-likeness (QED) is 0.897. The number of pyridine rings is 1. The number of nitrogens with zero attached hydrogens (tertiary/aromatic N) is 2. The standard InChI is InChI=1S/C16H15ClF3N3O/c1-23(2)15(24)11-5-3-10(4-6-11)8-21-14-13(17)7-12(9-22-14)16(18,19)20/h3-7,9H,8H2,1-2H3,(H,21,22). The third-order valence-electron chi connectivity index (χ3n) is 3.24. The normalized spacial score (nSPS) is 11.2. The van der Waals surface area contributed by atoms with Gasteiger partial charge >= 0.3 is 6.18 Å². The maximum atomic E-state index is 12.6. The van der Waals surface area contributed by atoms with E-state index >= 15 is 0 Å². The van der Waals surface area contributed by atoms with Crippen molar-refractivity contribution in [2.75, 3.05) is 19.4 Å². The van der Waals surface area contributed by atoms with Crippen molar-refractivity contribution in [3.05, 3.63) is 58.2 Å². The first-order valence-electron chi connectivity index (χ1n) is 6.95. The van der Waals surface area contributed by atoms with Gasteiger partial charge in [0.05, 0.1) is 10.6 Å². The van der Waals surface area contributed by atoms with E-state index in [4.69, 9.17) is 11.6 Å². The zero-order chi connectivity index (χ0) is 17.9. The van der Waals surface area contributed by atoms with E-state index in [1.807, 2.05) is 0 Å². The summed E-state index contributed by atoms with van der Waals surface area (Å²) in [5.74, 6) is 0.0556. The third kappa shape index (κ3) is 4.38. The summed E-state index contributed by atoms with van der Waals surface area (Å²) in [7, 11) is 3.33. The topological polar surface area (TPSA) is 45.2 Å². The van der Waals surface area contributed by atoms with Crippen LogP contribution in [-0.2, 0) is 12.7 Å². The predicted molar refractivity (Wildman–Crippen MR) is 86.0 cm³/mol. The Labute approximate surface area is 142 Å². The first-order chi connectivity index (χ1) is 11.2. The lowest BCUT2D eigenvalue weighted by Gasteiger charge is -2.12. The number of benzene rings is 1. The number of rotatable bonds is 4. The minimum atomic E-state index is -4.48. The molecule has 0 radical (unpaired) electrons. The number of alkyl halides is 3. The molecule has 2 aromatic rings. The Kier molecular flexibility index (Phi) is 5.33. The van der Waals surface area contributed by atoms with Crippen molar-refractivity contribution < 1.29 is 18.0 Å². The molecule has 0 atom stereocenters. The molecule has 0 saturated heterocycles. The predicted octanol–water partition coefficient (Wildman–Crippen LogP) is 4.07. The van der Waals surface area contributed by atoms with Gasteiger partial charge in [-0.1, -0.05) is 23.7 Å². The van der Waals surface area contributed by atoms with Crippen LogP contribution in [-0.4, -0.2) is 29.9 Å². The fourth-order valence-corrected chi connectivity index (χ4v) is 2.17. The van der Waals surface area contributed by atoms with E-state index in [0.717, 1.165) is 17.8 Å². The third-order valence-corrected chi connectivity index (χ3v) is 3.52. The molecule has 8 heteroatoms. The fourth-order valence-electron chi connectivity index (χ4n) is 1.93. The second-order valence-corrected chi connectivity index (χ2v) is 5.71. The summed E-state index contributed by atoms with van der Waals surface area (Å²) in [6.45, 7) is 0.314. The summed E-state index contributed by atoms with van der Waals surface area (Å²) in [5, 5.41) is 2.77. The van der Waals surface area contributed by atoms with E-state index in [0.29, 0.717) is 12.1 Å². The lowest BCUT2D eigenvalue weighted by Crippen LogP contribution is -2.21. The van der Waals surface area contributed by atoms with Gasteiger partial charge in [0.1, 0.15) is 5.82 Å². The highest BCUT2D eigenvalue weighted by molar-refractivity contribution is 6.32. The molecule has 1 aromatic carbocycles. The number of hydrogen-bond donors (Lipinski definition) is 1. The van der Waals surface area contributed by atoms with Gasteiger partial charge in [-0.05, 0) is 23.8 Å². The minimum absolute atomic E-state index is 0.107. The molecule has 1 heterocycles. The summed E-state index contributed by atoms with van der Waals surface area (Å²) in [4.78, 5) is 17.0. The Bertz CT molecular complexity index is 730. The zero-order valence-corrected chi connectivity index (χ0v) is 13.7. The van der Waals surface area contributed by atoms with Crippen LogP contribution in [0.15, 0.2) is 36.5 Å². The Morgan fingerprint density at radius 2 is 1.88 bits per heavy atom. The average Bonchev–Trinajstić information content (AvgIpc) is 2.52. The molecule has 128 valence electrons. The van der Waals surface area contributed by atoms with Crippen LogP contribution in [0.25, 0.3) is 0 Å². The summed E-state index contributed by atoms with van der Waals surface area (Å²) in [6.07, 6.45) is -3.75. The smallest absolute Gasteiger partial charge is 0.365 e. The first-order valence-corrected chi connectivity index (χ1v) is 7.33. The van der Waals surface area contributed by atoms with Gasteiger partial charge in [0.2, 0.25) is 0 Å². The van der Waals surface area contributed by atoms with Crippen LogP contribution in [0.1, 0.15) is 21.5 Å². The number of anilines is 1. The van der Waals surface area contributed by atoms with Gasteiger partial charge in [0, 0.05) is 32.4 Å². The zero-order valence-electron chi connectivity index (χ0n) is 13.0. The molecular weight excluding hydrogens is 343 g/mol. The molecule has 4 nitrogen and oxygen atoms in total. The fraction of sp³-hybridized carbons (Fsp3) is 0.250. The number of hydrogen-bond acceptors (Lipinski definition) is 3. The molecule has 1 N–H and O–H groups in total. The number of carbonyl (C=O) groups excluding carboxylic acids is 1. The van der Waals surface area contributed by atoms with Gasteiger partial charge in [0.25, 0.3) is 5.91 Å². The van der Waals surface area contributed by atoms with Gasteiger partial charge < -0.3 is 10.2 Å². The Balaban J connectivity index is 2.05. The molecule has 24 heavy (non-hydrogen) atoms. The SMILES string of the molecule is CN(C)C(=O)c1ccc(CNc2ncc(C(F)(F)F)cc2Cl)cc1. The summed E-state index contributed by atoms with van der Waals surface area (Å²) >= 11 is 5.83. The molecule has 0 aliphatic carbocycles. The average molecular weight is 358 g/mol. The van der Waals surface area contributed by atoms with Crippen molar-refractivity contribution in [3.63, 3.8) is 0 Å². The van der Waals surface area contributed by atoms with Crippen molar-refractivity contribution in [2.24, 2.45) is 0 Å². The second kappa shape index (κ2) is 7.09. The Morgan fingerprint density at radius 3 is 2.38 bits per heavy atom. The number of halogens is 4. The molecule has 0 bridgehead atoms. The number of carbonyl (C=O) groups is 1. The monoisotopic (exact) mass is 357 g/mol. The number of nitrogens with one attached hydrogen (secondary N) is 1. The van der Waals surface area contributed by atoms with E-state index < -0.39 is 11.7 Å². The summed E-state index contributed by atoms with van der Waals surface area (Å²) in [6, 6.07) is 7.70. The minimum Gasteiger partial charge on any atom is -0.365 e. The highest BCUT2D eigenvalue weighted by atomic mass is 35.5. The van der Waals surface area contributed by atoms with Gasteiger partial charge in [-0.2, -0.15) is 13.2 Å². The van der Waals surface area contributed by atoms with Crippen molar-refractivity contribution >= 4 is 23.3 Å². The largest absolute Gasteiger partial charge is 0.417 e. The van der Waals surface area contributed by atoms with Crippen LogP contribution in [0.3, 0.4) is 0 Å². The molecule has 0 aliphatic heterocycles. The Morgan fingerprint density at radius 1 is 1.25 bits per heavy atom. The molecule has 0 spiro atoms. The molecular formula is C16H15ClF3N3O. The van der Waals surface area contributed by atoms with Crippen molar-refractivity contribution in [1.82, 2.24) is 9.88 Å². The summed E-state index contributed by atoms with van der Waals surface area (Å²) < 4.78 is 37.7. The lowest BCUT2D eigenvalue weighted by atomic mass is 10.1. The van der Waals surface area contributed by atoms with Crippen molar-refractivity contribution in [1.29, 1.82) is 0 Å². The van der Waals surface area contributed by atoms with Gasteiger partial charge in [-0.3, -0.25) is 4.79 Å². The van der Waals surface area contributed by atoms with Crippen LogP contribution < -0.4 is 5.32 Å². The lowest BCUT2D eigenvalue weighted by molar-refractivity contribution is -0.137. The van der Waals surface area contributed by atoms with Crippen LogP contribution >= 0.6 is 11.6 Å². The maximum absolute atomic E-state index is 12.6. The maximum Gasteiger partial charge on any atom is 0.417 e. The van der Waals surface area contributed by atoms with Crippen molar-refractivity contribution in [3.8, 4) is 0 Å². The van der Waals surface area contributed by atoms with Gasteiger partial charge in [-0.25, -0.2) is 4.98 Å². The molecule has 1 aromatic heterocycles. The van der Waals surface area contributed by atoms with Crippen LogP contribution in [0.2, 0.25) is 5.02 Å². The second-order valence-electron chi connectivity index (χ2n) is 5.30. The molecule has 0 aliphatic rings. The van der Waals surface area contributed by atoms with Crippen LogP contribution in [0.4, 0.5) is 19.0 Å². The molecule has 1 amide bonds. The Hall–Kier alpha value is -2.28. The van der Waals surface area contributed by atoms with Crippen molar-refractivity contribution in [2.45, 2.75) is 12.7 Å². The van der Waals surface area contributed by atoms with Gasteiger partial charge in [-0.15, -0.1) is 0 Å². The van der Waals surface area contributed by atoms with E-state index in [1.165, 1.54) is 4.90 Å². The van der Waals surface area contributed by atoms with E-state index in [2.05, 4.69) is 10.3 Å². The molecule has 0 saturated carbocycles. The summed E-state index contributed by atoms with van der Waals surface area (Å²) in [5.41, 5.74) is 0.488. The highest BCUT2D eigenvalue weighted by Gasteiger charge is 2.31. The van der Waals surface area contributed by atoms with E-state index in [1.54, 1.807) is 38.4 Å². The van der Waals surface area contributed by atoms with E-state index in [-0.39, 0.29) is 16.7 Å². The van der Waals surface area contributed by atoms with Gasteiger partial charge in [0.15, 0.2) is 0 Å². The van der Waals surface area contributed by atoms with Crippen LogP contribution in [0, 0.1) is 0 Å². The molecule has 2 rings (SSSR count). The van der Waals surface area contributed by atoms with E-state index in [9.17, 15) is 18.0 Å². The molecule has 0 fully saturated rings. The molecule has 0 unspecified atom stereocenters. The first kappa shape index (κ1) is 18.1.